The maximum absolute atomic E-state index is 12.0. The number of aliphatic hydroxyl groups excluding tert-OH is 3. The molecule has 1 aliphatic heterocycles. The summed E-state index contributed by atoms with van der Waals surface area (Å²) in [7, 11) is 0. The van der Waals surface area contributed by atoms with Crippen molar-refractivity contribution < 1.29 is 24.8 Å². The number of aromatic nitrogens is 2. The van der Waals surface area contributed by atoms with E-state index in [2.05, 4.69) is 4.98 Å². The largest absolute Gasteiger partial charge is 0.478 e. The van der Waals surface area contributed by atoms with Gasteiger partial charge in [0.05, 0.1) is 13.2 Å². The van der Waals surface area contributed by atoms with Crippen molar-refractivity contribution in [2.75, 3.05) is 13.2 Å². The highest BCUT2D eigenvalue weighted by Gasteiger charge is 2.56. The molecule has 2 heterocycles. The molecule has 3 N–H and O–H groups in total. The molecule has 0 amide bonds. The van der Waals surface area contributed by atoms with Gasteiger partial charge in [-0.25, -0.2) is 4.79 Å². The minimum atomic E-state index is -2.15. The lowest BCUT2D eigenvalue weighted by atomic mass is 10.0. The second-order valence-corrected chi connectivity index (χ2v) is 4.43. The van der Waals surface area contributed by atoms with E-state index in [1.165, 1.54) is 12.3 Å². The van der Waals surface area contributed by atoms with Crippen LogP contribution in [0.1, 0.15) is 6.92 Å². The first-order valence-corrected chi connectivity index (χ1v) is 6.29. The molecule has 9 heteroatoms. The topological polar surface area (TPSA) is 138 Å². The molecule has 1 aromatic heterocycles. The van der Waals surface area contributed by atoms with Gasteiger partial charge in [0.15, 0.2) is 0 Å². The van der Waals surface area contributed by atoms with E-state index in [1.807, 2.05) is 0 Å². The highest BCUT2D eigenvalue weighted by Crippen LogP contribution is 2.34. The lowest BCUT2D eigenvalue weighted by molar-refractivity contribution is -0.109. The molecule has 0 saturated carbocycles. The summed E-state index contributed by atoms with van der Waals surface area (Å²) in [4.78, 5) is 15.6. The summed E-state index contributed by atoms with van der Waals surface area (Å²) in [6.45, 7) is 1.42. The van der Waals surface area contributed by atoms with Crippen LogP contribution in [0.2, 0.25) is 0 Å². The number of aliphatic hydroxyl groups is 3. The van der Waals surface area contributed by atoms with Crippen LogP contribution in [-0.4, -0.2) is 56.4 Å². The van der Waals surface area contributed by atoms with Crippen molar-refractivity contribution in [2.24, 2.45) is 0 Å². The standard InChI is InChI=1S/C12H15N3O6/c1-2-20-8-3-4-15(11(19)14-8)12(6-13)10(18)9(17)7(5-16)21-12/h3-4,7,9-10,16-18H,2,5H2,1H3. The van der Waals surface area contributed by atoms with E-state index in [-0.39, 0.29) is 5.88 Å². The van der Waals surface area contributed by atoms with Crippen LogP contribution in [0.15, 0.2) is 17.1 Å². The summed E-state index contributed by atoms with van der Waals surface area (Å²) in [5.41, 5.74) is -3.03. The molecule has 1 saturated heterocycles. The Hall–Kier alpha value is -1.99. The summed E-state index contributed by atoms with van der Waals surface area (Å²) in [5.74, 6) is 0.0681. The van der Waals surface area contributed by atoms with Crippen LogP contribution >= 0.6 is 0 Å². The Balaban J connectivity index is 2.48. The van der Waals surface area contributed by atoms with Gasteiger partial charge in [0.25, 0.3) is 5.72 Å². The Kier molecular flexibility index (Phi) is 4.24. The molecule has 0 radical (unpaired) electrons. The molecule has 9 nitrogen and oxygen atoms in total. The Morgan fingerprint density at radius 3 is 2.81 bits per heavy atom. The fourth-order valence-corrected chi connectivity index (χ4v) is 2.16. The molecule has 4 atom stereocenters. The molecular weight excluding hydrogens is 282 g/mol. The fraction of sp³-hybridized carbons (Fsp3) is 0.583. The van der Waals surface area contributed by atoms with Gasteiger partial charge in [-0.3, -0.25) is 4.57 Å². The molecule has 0 spiro atoms. The zero-order valence-corrected chi connectivity index (χ0v) is 11.2. The number of hydrogen-bond donors (Lipinski definition) is 3. The maximum Gasteiger partial charge on any atom is 0.354 e. The third-order valence-corrected chi connectivity index (χ3v) is 3.20. The van der Waals surface area contributed by atoms with Gasteiger partial charge in [0.1, 0.15) is 24.4 Å². The summed E-state index contributed by atoms with van der Waals surface area (Å²) in [6.07, 6.45) is -3.22. The molecule has 114 valence electrons. The lowest BCUT2D eigenvalue weighted by Gasteiger charge is -2.26. The quantitative estimate of drug-likeness (QED) is 0.576. The van der Waals surface area contributed by atoms with Crippen LogP contribution in [0.5, 0.6) is 5.88 Å². The highest BCUT2D eigenvalue weighted by atomic mass is 16.6. The second-order valence-electron chi connectivity index (χ2n) is 4.43. The highest BCUT2D eigenvalue weighted by molar-refractivity contribution is 5.15. The van der Waals surface area contributed by atoms with Crippen LogP contribution in [0.4, 0.5) is 0 Å². The molecule has 1 aliphatic rings. The van der Waals surface area contributed by atoms with E-state index in [0.717, 1.165) is 4.57 Å². The molecular formula is C12H15N3O6. The third kappa shape index (κ3) is 2.38. The van der Waals surface area contributed by atoms with Gasteiger partial charge in [0, 0.05) is 12.3 Å². The molecule has 0 aromatic carbocycles. The monoisotopic (exact) mass is 297 g/mol. The van der Waals surface area contributed by atoms with E-state index in [0.29, 0.717) is 6.61 Å². The zero-order valence-electron chi connectivity index (χ0n) is 11.2. The maximum atomic E-state index is 12.0. The van der Waals surface area contributed by atoms with Gasteiger partial charge in [0.2, 0.25) is 5.88 Å². The molecule has 1 aromatic rings. The van der Waals surface area contributed by atoms with Crippen molar-refractivity contribution in [3.63, 3.8) is 0 Å². The van der Waals surface area contributed by atoms with Crippen LogP contribution in [0, 0.1) is 11.3 Å². The van der Waals surface area contributed by atoms with E-state index in [1.54, 1.807) is 13.0 Å². The number of ether oxygens (including phenoxy) is 2. The Labute approximate surface area is 119 Å². The minimum absolute atomic E-state index is 0.0681. The van der Waals surface area contributed by atoms with Gasteiger partial charge in [-0.2, -0.15) is 10.2 Å². The Bertz CT molecular complexity index is 612. The third-order valence-electron chi connectivity index (χ3n) is 3.20. The van der Waals surface area contributed by atoms with E-state index < -0.39 is 36.3 Å². The van der Waals surface area contributed by atoms with Crippen molar-refractivity contribution >= 4 is 0 Å². The smallest absolute Gasteiger partial charge is 0.354 e. The first-order valence-electron chi connectivity index (χ1n) is 6.29. The van der Waals surface area contributed by atoms with E-state index >= 15 is 0 Å². The van der Waals surface area contributed by atoms with Crippen LogP contribution < -0.4 is 10.4 Å². The van der Waals surface area contributed by atoms with Crippen molar-refractivity contribution in [1.29, 1.82) is 5.26 Å². The van der Waals surface area contributed by atoms with Crippen molar-refractivity contribution in [3.05, 3.63) is 22.7 Å². The first-order chi connectivity index (χ1) is 10.00. The van der Waals surface area contributed by atoms with Gasteiger partial charge >= 0.3 is 5.69 Å². The molecule has 2 rings (SSSR count). The van der Waals surface area contributed by atoms with Gasteiger partial charge in [-0.05, 0) is 6.92 Å². The molecule has 0 bridgehead atoms. The summed E-state index contributed by atoms with van der Waals surface area (Å²) in [6, 6.07) is 3.00. The second kappa shape index (κ2) is 5.79. The lowest BCUT2D eigenvalue weighted by Crippen LogP contribution is -2.49. The Morgan fingerprint density at radius 1 is 1.62 bits per heavy atom. The predicted octanol–water partition coefficient (Wildman–Crippen LogP) is -2.07. The first kappa shape index (κ1) is 15.4. The summed E-state index contributed by atoms with van der Waals surface area (Å²) >= 11 is 0. The van der Waals surface area contributed by atoms with Crippen molar-refractivity contribution in [3.8, 4) is 11.9 Å². The van der Waals surface area contributed by atoms with E-state index in [4.69, 9.17) is 14.6 Å². The van der Waals surface area contributed by atoms with Crippen LogP contribution in [0.25, 0.3) is 0 Å². The van der Waals surface area contributed by atoms with Crippen LogP contribution in [0.3, 0.4) is 0 Å². The van der Waals surface area contributed by atoms with E-state index in [9.17, 15) is 20.3 Å². The molecule has 21 heavy (non-hydrogen) atoms. The van der Waals surface area contributed by atoms with Crippen LogP contribution in [-0.2, 0) is 10.5 Å². The fourth-order valence-electron chi connectivity index (χ4n) is 2.16. The van der Waals surface area contributed by atoms with Crippen molar-refractivity contribution in [1.82, 2.24) is 9.55 Å². The van der Waals surface area contributed by atoms with Gasteiger partial charge in [-0.15, -0.1) is 0 Å². The SMILES string of the molecule is CCOc1ccn(C2(C#N)OC(CO)C(O)C2O)c(=O)n1. The Morgan fingerprint density at radius 2 is 2.33 bits per heavy atom. The molecule has 0 aliphatic carbocycles. The molecule has 1 fully saturated rings. The minimum Gasteiger partial charge on any atom is -0.478 e. The zero-order chi connectivity index (χ0) is 15.6. The van der Waals surface area contributed by atoms with Crippen molar-refractivity contribution in [2.45, 2.75) is 31.0 Å². The average Bonchev–Trinajstić information content (AvgIpc) is 2.73. The number of rotatable bonds is 4. The number of hydrogen-bond acceptors (Lipinski definition) is 8. The number of nitrogens with zero attached hydrogens (tertiary/aromatic N) is 3. The predicted molar refractivity (Wildman–Crippen MR) is 67.2 cm³/mol. The molecule has 4 unspecified atom stereocenters. The summed E-state index contributed by atoms with van der Waals surface area (Å²) in [5, 5.41) is 38.2. The normalized spacial score (nSPS) is 31.9. The number of nitriles is 1. The van der Waals surface area contributed by atoms with Gasteiger partial charge in [-0.1, -0.05) is 0 Å². The summed E-state index contributed by atoms with van der Waals surface area (Å²) < 4.78 is 11.0. The average molecular weight is 297 g/mol. The van der Waals surface area contributed by atoms with Gasteiger partial charge < -0.3 is 24.8 Å².